The molecule has 0 fully saturated rings. The number of aromatic nitrogens is 2. The Morgan fingerprint density at radius 1 is 1.11 bits per heavy atom. The predicted octanol–water partition coefficient (Wildman–Crippen LogP) is 3.80. The predicted molar refractivity (Wildman–Crippen MR) is 140 cm³/mol. The number of hydrogen-bond acceptors (Lipinski definition) is 6. The maximum atomic E-state index is 14.3. The van der Waals surface area contributed by atoms with E-state index in [1.807, 2.05) is 11.0 Å². The first-order chi connectivity index (χ1) is 17.9. The molecule has 1 aromatic heterocycles. The van der Waals surface area contributed by atoms with Crippen molar-refractivity contribution in [3.63, 3.8) is 0 Å². The van der Waals surface area contributed by atoms with Crippen molar-refractivity contribution in [3.05, 3.63) is 112 Å². The molecule has 1 aromatic carbocycles. The molecule has 1 atom stereocenters. The van der Waals surface area contributed by atoms with Gasteiger partial charge in [0.1, 0.15) is 0 Å². The van der Waals surface area contributed by atoms with E-state index in [1.54, 1.807) is 30.4 Å². The van der Waals surface area contributed by atoms with Crippen molar-refractivity contribution >= 4 is 37.4 Å². The molecule has 0 spiro atoms. The van der Waals surface area contributed by atoms with Gasteiger partial charge in [-0.3, -0.25) is 0 Å². The second-order valence-corrected chi connectivity index (χ2v) is 11.4. The van der Waals surface area contributed by atoms with Gasteiger partial charge in [0.25, 0.3) is 0 Å². The van der Waals surface area contributed by atoms with Gasteiger partial charge in [-0.25, -0.2) is 0 Å². The van der Waals surface area contributed by atoms with Gasteiger partial charge in [0.2, 0.25) is 0 Å². The average Bonchev–Trinajstić information content (AvgIpc) is 2.89. The van der Waals surface area contributed by atoms with Crippen molar-refractivity contribution in [1.29, 1.82) is 5.26 Å². The number of anilines is 1. The van der Waals surface area contributed by atoms with E-state index in [9.17, 15) is 18.8 Å². The summed E-state index contributed by atoms with van der Waals surface area (Å²) >= 11 is -0.839. The molecule has 0 bridgehead atoms. The number of nitrogen functional groups attached to an aromatic ring is 1. The molecule has 1 aliphatic carbocycles. The van der Waals surface area contributed by atoms with Gasteiger partial charge in [0.05, 0.1) is 0 Å². The van der Waals surface area contributed by atoms with Crippen LogP contribution in [0.3, 0.4) is 0 Å². The molecule has 9 heteroatoms. The standard InChI is InChI=1S/C28H22AsF2N5O/c30-19-5-1-17(2-6-19)24-15-36-14-20(31)7-10-25(36)26(18-3-8-21(37)9-4-18)22(24)11-12-29-27-23(13-32)28(33)35-16-34-27/h1-8,10,14,16,29H,9,11-12,15H2,(H2,33,34,35). The molecule has 2 N–H and O–H groups in total. The van der Waals surface area contributed by atoms with Crippen LogP contribution in [0.4, 0.5) is 14.6 Å². The Morgan fingerprint density at radius 3 is 2.65 bits per heavy atom. The van der Waals surface area contributed by atoms with Gasteiger partial charge in [-0.15, -0.1) is 0 Å². The van der Waals surface area contributed by atoms with Crippen LogP contribution in [0.5, 0.6) is 0 Å². The van der Waals surface area contributed by atoms with Gasteiger partial charge in [-0.2, -0.15) is 0 Å². The molecule has 3 heterocycles. The van der Waals surface area contributed by atoms with Crippen LogP contribution in [0.15, 0.2) is 95.4 Å². The van der Waals surface area contributed by atoms with Gasteiger partial charge >= 0.3 is 220 Å². The van der Waals surface area contributed by atoms with Gasteiger partial charge in [-0.1, -0.05) is 0 Å². The number of benzene rings is 1. The van der Waals surface area contributed by atoms with Gasteiger partial charge in [0, 0.05) is 0 Å². The number of ketones is 1. The third kappa shape index (κ3) is 5.09. The molecule has 0 saturated heterocycles. The minimum absolute atomic E-state index is 0.0217. The molecule has 2 aliphatic heterocycles. The normalized spacial score (nSPS) is 17.3. The minimum atomic E-state index is -0.839. The first-order valence-electron chi connectivity index (χ1n) is 11.6. The van der Waals surface area contributed by atoms with Crippen LogP contribution < -0.4 is 10.2 Å². The zero-order valence-electron chi connectivity index (χ0n) is 19.7. The van der Waals surface area contributed by atoms with Crippen LogP contribution in [-0.2, 0) is 4.79 Å². The molecule has 37 heavy (non-hydrogen) atoms. The van der Waals surface area contributed by atoms with Crippen molar-refractivity contribution in [1.82, 2.24) is 14.9 Å². The molecule has 184 valence electrons. The second kappa shape index (κ2) is 10.5. The van der Waals surface area contributed by atoms with Crippen LogP contribution >= 0.6 is 0 Å². The Balaban J connectivity index is 1.60. The van der Waals surface area contributed by atoms with E-state index < -0.39 is 15.8 Å². The first-order valence-corrected chi connectivity index (χ1v) is 14.2. The summed E-state index contributed by atoms with van der Waals surface area (Å²) < 4.78 is 28.8. The third-order valence-corrected chi connectivity index (χ3v) is 8.90. The molecular weight excluding hydrogens is 535 g/mol. The number of carbonyl (C=O) groups is 1. The molecule has 5 rings (SSSR count). The molecule has 0 saturated carbocycles. The van der Waals surface area contributed by atoms with Gasteiger partial charge < -0.3 is 0 Å². The van der Waals surface area contributed by atoms with Crippen molar-refractivity contribution < 1.29 is 13.6 Å². The van der Waals surface area contributed by atoms with Crippen molar-refractivity contribution in [2.24, 2.45) is 0 Å². The molecule has 1 unspecified atom stereocenters. The van der Waals surface area contributed by atoms with Crippen LogP contribution in [0.1, 0.15) is 24.0 Å². The quantitative estimate of drug-likeness (QED) is 0.543. The Hall–Kier alpha value is -4.08. The summed E-state index contributed by atoms with van der Waals surface area (Å²) in [6, 6.07) is 8.42. The first kappa shape index (κ1) is 24.6. The van der Waals surface area contributed by atoms with E-state index >= 15 is 0 Å². The Bertz CT molecular complexity index is 1510. The van der Waals surface area contributed by atoms with Crippen LogP contribution in [0.2, 0.25) is 5.21 Å². The molecule has 0 radical (unpaired) electrons. The van der Waals surface area contributed by atoms with Crippen LogP contribution in [-0.4, -0.2) is 42.9 Å². The van der Waals surface area contributed by atoms with Crippen LogP contribution in [0, 0.1) is 17.1 Å². The summed E-state index contributed by atoms with van der Waals surface area (Å²) in [4.78, 5) is 22.0. The number of hydrogen-bond donors (Lipinski definition) is 1. The molecule has 6 nitrogen and oxygen atoms in total. The van der Waals surface area contributed by atoms with Crippen molar-refractivity contribution in [2.45, 2.75) is 18.1 Å². The van der Waals surface area contributed by atoms with E-state index in [0.29, 0.717) is 23.0 Å². The zero-order valence-corrected chi connectivity index (χ0v) is 21.8. The van der Waals surface area contributed by atoms with E-state index in [0.717, 1.165) is 38.8 Å². The number of nitriles is 1. The summed E-state index contributed by atoms with van der Waals surface area (Å²) in [5, 5.41) is 10.3. The zero-order chi connectivity index (χ0) is 25.9. The molecule has 2 aromatic rings. The van der Waals surface area contributed by atoms with E-state index in [2.05, 4.69) is 16.0 Å². The second-order valence-electron chi connectivity index (χ2n) is 8.63. The number of fused-ring (bicyclic) bond motifs is 1. The topological polar surface area (TPSA) is 95.9 Å². The van der Waals surface area contributed by atoms with E-state index in [4.69, 9.17) is 5.73 Å². The average molecular weight is 557 g/mol. The number of carbonyl (C=O) groups excluding carboxylic acids is 1. The molecule has 0 amide bonds. The number of allylic oxidation sites excluding steroid dienone is 9. The van der Waals surface area contributed by atoms with Crippen LogP contribution in [0.25, 0.3) is 5.57 Å². The number of nitrogens with two attached hydrogens (primary N) is 1. The Morgan fingerprint density at radius 2 is 1.92 bits per heavy atom. The fraction of sp³-hybridized carbons (Fsp3) is 0.143. The Kier molecular flexibility index (Phi) is 6.98. The summed E-state index contributed by atoms with van der Waals surface area (Å²) in [5.74, 6) is -0.487. The van der Waals surface area contributed by atoms with Gasteiger partial charge in [0.15, 0.2) is 0 Å². The fourth-order valence-electron chi connectivity index (χ4n) is 4.62. The maximum absolute atomic E-state index is 14.3. The fourth-order valence-corrected chi connectivity index (χ4v) is 6.98. The SMILES string of the molecule is N#Cc1c(N)ncnc1[AsH]CCC1=C(c2ccc(F)cc2)CN2C=C(F)C=CC2=C1C1=CCC(=O)C=C1. The van der Waals surface area contributed by atoms with Crippen molar-refractivity contribution in [3.8, 4) is 6.07 Å². The summed E-state index contributed by atoms with van der Waals surface area (Å²) in [6.45, 7) is 0.414. The molecular formula is C28H22AsF2N5O. The molecule has 3 aliphatic rings. The van der Waals surface area contributed by atoms with E-state index in [-0.39, 0.29) is 29.7 Å². The summed E-state index contributed by atoms with van der Waals surface area (Å²) in [5.41, 5.74) is 11.7. The summed E-state index contributed by atoms with van der Waals surface area (Å²) in [6.07, 6.45) is 12.2. The van der Waals surface area contributed by atoms with E-state index in [1.165, 1.54) is 30.7 Å². The van der Waals surface area contributed by atoms with Crippen molar-refractivity contribution in [2.75, 3.05) is 12.3 Å². The number of nitrogens with zero attached hydrogens (tertiary/aromatic N) is 4. The van der Waals surface area contributed by atoms with Gasteiger partial charge in [-0.05, 0) is 0 Å². The Labute approximate surface area is 219 Å². The summed E-state index contributed by atoms with van der Waals surface area (Å²) in [7, 11) is 0. The number of rotatable bonds is 6. The number of halogens is 2. The monoisotopic (exact) mass is 557 g/mol. The third-order valence-electron chi connectivity index (χ3n) is 6.35.